The quantitative estimate of drug-likeness (QED) is 0.566. The molecule has 3 heteroatoms. The summed E-state index contributed by atoms with van der Waals surface area (Å²) in [5.74, 6) is 1.11. The highest BCUT2D eigenvalue weighted by Crippen LogP contribution is 2.06. The predicted octanol–water partition coefficient (Wildman–Crippen LogP) is 2.43. The van der Waals surface area contributed by atoms with Crippen molar-refractivity contribution >= 4 is 11.8 Å². The molecular weight excluding hydrogens is 206 g/mol. The Kier molecular flexibility index (Phi) is 10.5. The number of hydrogen-bond donors (Lipinski definition) is 2. The third-order valence-corrected chi connectivity index (χ3v) is 3.22. The van der Waals surface area contributed by atoms with E-state index in [1.54, 1.807) is 0 Å². The number of nitrogens with one attached hydrogen (secondary N) is 1. The first-order chi connectivity index (χ1) is 7.28. The molecule has 2 nitrogen and oxygen atoms in total. The second-order valence-electron chi connectivity index (χ2n) is 3.80. The number of thioether (sulfide) groups is 1. The van der Waals surface area contributed by atoms with Gasteiger partial charge in [-0.3, -0.25) is 0 Å². The average molecular weight is 231 g/mol. The third kappa shape index (κ3) is 7.88. The van der Waals surface area contributed by atoms with Crippen molar-refractivity contribution < 1.29 is 5.11 Å². The Morgan fingerprint density at radius 2 is 2.13 bits per heavy atom. The van der Waals surface area contributed by atoms with Crippen LogP contribution in [0.15, 0.2) is 12.7 Å². The molecule has 0 saturated heterocycles. The van der Waals surface area contributed by atoms with Gasteiger partial charge in [0.2, 0.25) is 0 Å². The van der Waals surface area contributed by atoms with Crippen molar-refractivity contribution in [2.75, 3.05) is 18.6 Å². The maximum Gasteiger partial charge on any atom is 0.0585 e. The number of allylic oxidation sites excluding steroid dienone is 1. The molecule has 2 atom stereocenters. The van der Waals surface area contributed by atoms with Gasteiger partial charge in [0.05, 0.1) is 6.61 Å². The van der Waals surface area contributed by atoms with E-state index in [0.717, 1.165) is 31.4 Å². The molecule has 0 bridgehead atoms. The Bertz CT molecular complexity index is 153. The first kappa shape index (κ1) is 15.0. The van der Waals surface area contributed by atoms with E-state index < -0.39 is 0 Å². The molecule has 0 aromatic carbocycles. The Hall–Kier alpha value is 0.0100. The maximum absolute atomic E-state index is 9.23. The van der Waals surface area contributed by atoms with E-state index in [4.69, 9.17) is 0 Å². The van der Waals surface area contributed by atoms with E-state index in [1.165, 1.54) is 0 Å². The first-order valence-electron chi connectivity index (χ1n) is 5.75. The molecule has 0 spiro atoms. The van der Waals surface area contributed by atoms with Crippen molar-refractivity contribution in [3.05, 3.63) is 12.7 Å². The minimum absolute atomic E-state index is 0.241. The molecule has 2 N–H and O–H groups in total. The molecule has 0 aromatic heterocycles. The van der Waals surface area contributed by atoms with Gasteiger partial charge >= 0.3 is 0 Å². The topological polar surface area (TPSA) is 32.3 Å². The summed E-state index contributed by atoms with van der Waals surface area (Å²) in [5, 5.41) is 12.7. The smallest absolute Gasteiger partial charge is 0.0585 e. The molecule has 0 amide bonds. The summed E-state index contributed by atoms with van der Waals surface area (Å²) in [5.41, 5.74) is 0. The summed E-state index contributed by atoms with van der Waals surface area (Å²) in [6, 6.07) is 0.772. The highest BCUT2D eigenvalue weighted by molar-refractivity contribution is 7.98. The molecule has 0 aliphatic carbocycles. The van der Waals surface area contributed by atoms with Crippen molar-refractivity contribution in [2.24, 2.45) is 0 Å². The van der Waals surface area contributed by atoms with Crippen LogP contribution < -0.4 is 5.32 Å². The van der Waals surface area contributed by atoms with Gasteiger partial charge in [-0.15, -0.1) is 6.58 Å². The van der Waals surface area contributed by atoms with Crippen LogP contribution in [0.5, 0.6) is 0 Å². The standard InChI is InChI=1S/C12H25NOS/c1-4-6-7-11(5-2)13-12(10-14)8-9-15-3/h4,11-14H,1,5-10H2,2-3H3. The zero-order valence-corrected chi connectivity index (χ0v) is 10.9. The van der Waals surface area contributed by atoms with Crippen LogP contribution >= 0.6 is 11.8 Å². The lowest BCUT2D eigenvalue weighted by Gasteiger charge is -2.23. The average Bonchev–Trinajstić information content (AvgIpc) is 2.28. The highest BCUT2D eigenvalue weighted by atomic mass is 32.2. The lowest BCUT2D eigenvalue weighted by molar-refractivity contribution is 0.224. The van der Waals surface area contributed by atoms with Crippen LogP contribution in [-0.2, 0) is 0 Å². The summed E-state index contributed by atoms with van der Waals surface area (Å²) in [4.78, 5) is 0. The van der Waals surface area contributed by atoms with Gasteiger partial charge in [-0.25, -0.2) is 0 Å². The summed E-state index contributed by atoms with van der Waals surface area (Å²) in [6.07, 6.45) is 8.39. The van der Waals surface area contributed by atoms with E-state index in [9.17, 15) is 5.11 Å². The van der Waals surface area contributed by atoms with Gasteiger partial charge in [0.1, 0.15) is 0 Å². The maximum atomic E-state index is 9.23. The van der Waals surface area contributed by atoms with Gasteiger partial charge in [0, 0.05) is 12.1 Å². The fourth-order valence-corrected chi connectivity index (χ4v) is 2.07. The Labute approximate surface area is 98.5 Å². The minimum Gasteiger partial charge on any atom is -0.395 e. The normalized spacial score (nSPS) is 14.9. The third-order valence-electron chi connectivity index (χ3n) is 2.57. The van der Waals surface area contributed by atoms with Crippen LogP contribution in [-0.4, -0.2) is 35.8 Å². The van der Waals surface area contributed by atoms with Gasteiger partial charge in [0.25, 0.3) is 0 Å². The molecule has 15 heavy (non-hydrogen) atoms. The second-order valence-corrected chi connectivity index (χ2v) is 4.78. The van der Waals surface area contributed by atoms with E-state index in [2.05, 4.69) is 25.1 Å². The molecule has 0 radical (unpaired) electrons. The van der Waals surface area contributed by atoms with Crippen LogP contribution in [0.1, 0.15) is 32.6 Å². The Balaban J connectivity index is 3.82. The largest absolute Gasteiger partial charge is 0.395 e. The summed E-state index contributed by atoms with van der Waals surface area (Å²) < 4.78 is 0. The molecule has 0 fully saturated rings. The van der Waals surface area contributed by atoms with Crippen LogP contribution in [0, 0.1) is 0 Å². The van der Waals surface area contributed by atoms with Gasteiger partial charge < -0.3 is 10.4 Å². The molecule has 0 aliphatic heterocycles. The second kappa shape index (κ2) is 10.5. The van der Waals surface area contributed by atoms with Gasteiger partial charge in [-0.1, -0.05) is 13.0 Å². The molecule has 0 rings (SSSR count). The number of aliphatic hydroxyl groups is 1. The van der Waals surface area contributed by atoms with Gasteiger partial charge in [0.15, 0.2) is 0 Å². The van der Waals surface area contributed by atoms with Crippen molar-refractivity contribution in [1.82, 2.24) is 5.32 Å². The minimum atomic E-state index is 0.241. The van der Waals surface area contributed by atoms with Crippen molar-refractivity contribution in [3.63, 3.8) is 0 Å². The molecule has 2 unspecified atom stereocenters. The molecule has 0 saturated carbocycles. The van der Waals surface area contributed by atoms with E-state index >= 15 is 0 Å². The summed E-state index contributed by atoms with van der Waals surface area (Å²) in [7, 11) is 0. The highest BCUT2D eigenvalue weighted by Gasteiger charge is 2.12. The van der Waals surface area contributed by atoms with E-state index in [0.29, 0.717) is 6.04 Å². The van der Waals surface area contributed by atoms with E-state index in [-0.39, 0.29) is 12.6 Å². The van der Waals surface area contributed by atoms with Crippen LogP contribution in [0.3, 0.4) is 0 Å². The zero-order valence-electron chi connectivity index (χ0n) is 10.0. The molecular formula is C12H25NOS. The van der Waals surface area contributed by atoms with Crippen molar-refractivity contribution in [2.45, 2.75) is 44.7 Å². The van der Waals surface area contributed by atoms with Crippen LogP contribution in [0.4, 0.5) is 0 Å². The zero-order chi connectivity index (χ0) is 11.5. The lowest BCUT2D eigenvalue weighted by atomic mass is 10.1. The molecule has 0 aromatic rings. The van der Waals surface area contributed by atoms with Crippen LogP contribution in [0.25, 0.3) is 0 Å². The predicted molar refractivity (Wildman–Crippen MR) is 70.5 cm³/mol. The number of rotatable bonds is 10. The monoisotopic (exact) mass is 231 g/mol. The lowest BCUT2D eigenvalue weighted by Crippen LogP contribution is -2.40. The summed E-state index contributed by atoms with van der Waals surface area (Å²) in [6.45, 7) is 6.16. The van der Waals surface area contributed by atoms with Gasteiger partial charge in [-0.05, 0) is 37.7 Å². The van der Waals surface area contributed by atoms with Crippen molar-refractivity contribution in [1.29, 1.82) is 0 Å². The Morgan fingerprint density at radius 1 is 1.40 bits per heavy atom. The fourth-order valence-electron chi connectivity index (χ4n) is 1.55. The fraction of sp³-hybridized carbons (Fsp3) is 0.833. The first-order valence-corrected chi connectivity index (χ1v) is 7.14. The van der Waals surface area contributed by atoms with Crippen LogP contribution in [0.2, 0.25) is 0 Å². The summed E-state index contributed by atoms with van der Waals surface area (Å²) >= 11 is 1.83. The Morgan fingerprint density at radius 3 is 2.60 bits per heavy atom. The SMILES string of the molecule is C=CCCC(CC)NC(CO)CCSC. The number of aliphatic hydroxyl groups excluding tert-OH is 1. The van der Waals surface area contributed by atoms with Crippen molar-refractivity contribution in [3.8, 4) is 0 Å². The van der Waals surface area contributed by atoms with Gasteiger partial charge in [-0.2, -0.15) is 11.8 Å². The number of hydrogen-bond acceptors (Lipinski definition) is 3. The molecule has 90 valence electrons. The molecule has 0 heterocycles. The molecule has 0 aliphatic rings. The van der Waals surface area contributed by atoms with E-state index in [1.807, 2.05) is 17.8 Å².